The number of carbonyl (C=O) groups excluding carboxylic acids is 1. The lowest BCUT2D eigenvalue weighted by Gasteiger charge is -2.17. The molecule has 5 nitrogen and oxygen atoms in total. The van der Waals surface area contributed by atoms with E-state index >= 15 is 0 Å². The Hall–Kier alpha value is -1.33. The van der Waals surface area contributed by atoms with Crippen molar-refractivity contribution in [3.63, 3.8) is 0 Å². The van der Waals surface area contributed by atoms with Crippen LogP contribution >= 0.6 is 11.6 Å². The molecular formula is C10H17ClN2O3. The van der Waals surface area contributed by atoms with Gasteiger partial charge in [-0.15, -0.1) is 24.8 Å². The third kappa shape index (κ3) is 10.7. The lowest BCUT2D eigenvalue weighted by Crippen LogP contribution is -2.32. The molecule has 0 aromatic rings. The molecule has 0 atom stereocenters. The number of halogens is 1. The summed E-state index contributed by atoms with van der Waals surface area (Å²) in [5.41, 5.74) is 4.57. The van der Waals surface area contributed by atoms with Gasteiger partial charge in [-0.3, -0.25) is 9.59 Å². The monoisotopic (exact) mass is 248 g/mol. The van der Waals surface area contributed by atoms with Crippen molar-refractivity contribution >= 4 is 23.5 Å². The molecule has 0 aromatic carbocycles. The first-order valence-electron chi connectivity index (χ1n) is 4.50. The molecule has 0 radical (unpaired) electrons. The second kappa shape index (κ2) is 11.7. The minimum Gasteiger partial charge on any atom is -0.480 e. The number of amides is 1. The third-order valence-electron chi connectivity index (χ3n) is 1.34. The van der Waals surface area contributed by atoms with E-state index < -0.39 is 5.97 Å². The Morgan fingerprint density at radius 3 is 1.88 bits per heavy atom. The molecular weight excluding hydrogens is 232 g/mol. The fourth-order valence-electron chi connectivity index (χ4n) is 0.674. The molecule has 0 spiro atoms. The SMILES string of the molecule is C=CCN(CC=C)C(=O)CCl.NCC(=O)O. The van der Waals surface area contributed by atoms with E-state index in [0.29, 0.717) is 13.1 Å². The van der Waals surface area contributed by atoms with Gasteiger partial charge >= 0.3 is 5.97 Å². The smallest absolute Gasteiger partial charge is 0.317 e. The third-order valence-corrected chi connectivity index (χ3v) is 1.57. The van der Waals surface area contributed by atoms with E-state index in [1.54, 1.807) is 17.1 Å². The Morgan fingerprint density at radius 2 is 1.69 bits per heavy atom. The molecule has 0 saturated carbocycles. The number of hydrogen-bond acceptors (Lipinski definition) is 3. The van der Waals surface area contributed by atoms with Crippen molar-refractivity contribution in [3.05, 3.63) is 25.3 Å². The largest absolute Gasteiger partial charge is 0.480 e. The minimum absolute atomic E-state index is 0.0156. The summed E-state index contributed by atoms with van der Waals surface area (Å²) in [6, 6.07) is 0. The van der Waals surface area contributed by atoms with Crippen LogP contribution in [0.25, 0.3) is 0 Å². The van der Waals surface area contributed by atoms with Gasteiger partial charge in [-0.2, -0.15) is 0 Å². The molecule has 0 unspecified atom stereocenters. The summed E-state index contributed by atoms with van der Waals surface area (Å²) < 4.78 is 0. The summed E-state index contributed by atoms with van der Waals surface area (Å²) in [6.45, 7) is 7.83. The zero-order valence-corrected chi connectivity index (χ0v) is 9.82. The topological polar surface area (TPSA) is 83.6 Å². The summed E-state index contributed by atoms with van der Waals surface area (Å²) in [5, 5.41) is 7.60. The van der Waals surface area contributed by atoms with Crippen molar-refractivity contribution in [2.75, 3.05) is 25.5 Å². The first-order chi connectivity index (χ1) is 7.53. The maximum Gasteiger partial charge on any atom is 0.317 e. The van der Waals surface area contributed by atoms with Crippen LogP contribution in [0.2, 0.25) is 0 Å². The number of aliphatic carboxylic acids is 1. The molecule has 92 valence electrons. The lowest BCUT2D eigenvalue weighted by atomic mass is 10.4. The molecule has 0 aliphatic carbocycles. The van der Waals surface area contributed by atoms with Gasteiger partial charge in [-0.25, -0.2) is 0 Å². The maximum absolute atomic E-state index is 11.0. The molecule has 0 saturated heterocycles. The highest BCUT2D eigenvalue weighted by Gasteiger charge is 2.07. The van der Waals surface area contributed by atoms with Gasteiger partial charge in [0.05, 0.1) is 6.54 Å². The summed E-state index contributed by atoms with van der Waals surface area (Å²) >= 11 is 5.36. The quantitative estimate of drug-likeness (QED) is 0.528. The second-order valence-corrected chi connectivity index (χ2v) is 2.87. The van der Waals surface area contributed by atoms with Crippen molar-refractivity contribution in [3.8, 4) is 0 Å². The highest BCUT2D eigenvalue weighted by Crippen LogP contribution is 1.92. The van der Waals surface area contributed by atoms with E-state index in [0.717, 1.165) is 0 Å². The van der Waals surface area contributed by atoms with E-state index in [4.69, 9.17) is 16.7 Å². The molecule has 0 aliphatic rings. The van der Waals surface area contributed by atoms with Crippen molar-refractivity contribution in [2.24, 2.45) is 5.73 Å². The van der Waals surface area contributed by atoms with Crippen LogP contribution in [-0.2, 0) is 9.59 Å². The van der Waals surface area contributed by atoms with E-state index in [9.17, 15) is 9.59 Å². The van der Waals surface area contributed by atoms with Gasteiger partial charge in [0.15, 0.2) is 0 Å². The highest BCUT2D eigenvalue weighted by molar-refractivity contribution is 6.27. The van der Waals surface area contributed by atoms with Crippen LogP contribution in [0, 0.1) is 0 Å². The Labute approximate surface area is 100 Å². The van der Waals surface area contributed by atoms with Gasteiger partial charge < -0.3 is 15.7 Å². The van der Waals surface area contributed by atoms with Crippen LogP contribution in [0.3, 0.4) is 0 Å². The normalized spacial score (nSPS) is 8.38. The molecule has 3 N–H and O–H groups in total. The van der Waals surface area contributed by atoms with E-state index in [1.807, 2.05) is 0 Å². The summed E-state index contributed by atoms with van der Waals surface area (Å²) in [4.78, 5) is 21.8. The molecule has 6 heteroatoms. The molecule has 0 bridgehead atoms. The number of carboxylic acid groups (broad SMARTS) is 1. The number of nitrogens with zero attached hydrogens (tertiary/aromatic N) is 1. The zero-order chi connectivity index (χ0) is 13.0. The Bertz CT molecular complexity index is 234. The average Bonchev–Trinajstić information content (AvgIpc) is 2.28. The van der Waals surface area contributed by atoms with E-state index in [-0.39, 0.29) is 18.3 Å². The van der Waals surface area contributed by atoms with Crippen LogP contribution in [0.15, 0.2) is 25.3 Å². The lowest BCUT2D eigenvalue weighted by molar-refractivity contribution is -0.135. The first kappa shape index (κ1) is 17.1. The molecule has 0 heterocycles. The van der Waals surface area contributed by atoms with Crippen molar-refractivity contribution in [1.29, 1.82) is 0 Å². The van der Waals surface area contributed by atoms with Gasteiger partial charge in [0, 0.05) is 13.1 Å². The van der Waals surface area contributed by atoms with Gasteiger partial charge in [0.25, 0.3) is 0 Å². The van der Waals surface area contributed by atoms with Gasteiger partial charge in [0.2, 0.25) is 5.91 Å². The Kier molecular flexibility index (Phi) is 12.5. The molecule has 0 aliphatic heterocycles. The fourth-order valence-corrected chi connectivity index (χ4v) is 0.843. The first-order valence-corrected chi connectivity index (χ1v) is 5.04. The number of carboxylic acids is 1. The molecule has 0 fully saturated rings. The maximum atomic E-state index is 11.0. The minimum atomic E-state index is -0.968. The predicted molar refractivity (Wildman–Crippen MR) is 64.4 cm³/mol. The van der Waals surface area contributed by atoms with Crippen molar-refractivity contribution in [1.82, 2.24) is 4.90 Å². The summed E-state index contributed by atoms with van der Waals surface area (Å²) in [5.74, 6) is -1.04. The van der Waals surface area contributed by atoms with Crippen molar-refractivity contribution in [2.45, 2.75) is 0 Å². The van der Waals surface area contributed by atoms with Gasteiger partial charge in [-0.05, 0) is 0 Å². The van der Waals surface area contributed by atoms with Crippen LogP contribution in [0.5, 0.6) is 0 Å². The molecule has 16 heavy (non-hydrogen) atoms. The van der Waals surface area contributed by atoms with Crippen LogP contribution in [-0.4, -0.2) is 47.4 Å². The Balaban J connectivity index is 0. The van der Waals surface area contributed by atoms with Crippen LogP contribution in [0.4, 0.5) is 0 Å². The number of alkyl halides is 1. The fraction of sp³-hybridized carbons (Fsp3) is 0.400. The average molecular weight is 249 g/mol. The number of hydrogen-bond donors (Lipinski definition) is 2. The molecule has 0 aromatic heterocycles. The highest BCUT2D eigenvalue weighted by atomic mass is 35.5. The second-order valence-electron chi connectivity index (χ2n) is 2.61. The van der Waals surface area contributed by atoms with Gasteiger partial charge in [0.1, 0.15) is 5.88 Å². The number of carbonyl (C=O) groups is 2. The molecule has 1 amide bonds. The van der Waals surface area contributed by atoms with Crippen molar-refractivity contribution < 1.29 is 14.7 Å². The zero-order valence-electron chi connectivity index (χ0n) is 9.06. The summed E-state index contributed by atoms with van der Waals surface area (Å²) in [7, 11) is 0. The number of nitrogens with two attached hydrogens (primary N) is 1. The number of rotatable bonds is 6. The van der Waals surface area contributed by atoms with E-state index in [1.165, 1.54) is 0 Å². The predicted octanol–water partition coefficient (Wildman–Crippen LogP) is 0.455. The van der Waals surface area contributed by atoms with E-state index in [2.05, 4.69) is 18.9 Å². The standard InChI is InChI=1S/C8H12ClNO.C2H5NO2/c1-3-5-10(6-4-2)8(11)7-9;3-1-2(4)5/h3-4H,1-2,5-7H2;1,3H2,(H,4,5). The van der Waals surface area contributed by atoms with Gasteiger partial charge in [-0.1, -0.05) is 12.2 Å². The van der Waals surface area contributed by atoms with Crippen LogP contribution in [0.1, 0.15) is 0 Å². The van der Waals surface area contributed by atoms with Crippen LogP contribution < -0.4 is 5.73 Å². The summed E-state index contributed by atoms with van der Waals surface area (Å²) in [6.07, 6.45) is 3.32. The molecule has 0 rings (SSSR count). The Morgan fingerprint density at radius 1 is 1.31 bits per heavy atom.